The van der Waals surface area contributed by atoms with E-state index in [2.05, 4.69) is 0 Å². The zero-order valence-corrected chi connectivity index (χ0v) is 18.3. The number of hydrogen-bond donors (Lipinski definition) is 7. The van der Waals surface area contributed by atoms with Gasteiger partial charge in [0.25, 0.3) is 0 Å². The van der Waals surface area contributed by atoms with Gasteiger partial charge in [0.1, 0.15) is 40.2 Å². The molecule has 4 aromatic rings. The van der Waals surface area contributed by atoms with Crippen molar-refractivity contribution in [1.29, 1.82) is 0 Å². The van der Waals surface area contributed by atoms with Crippen LogP contribution in [0.15, 0.2) is 66.7 Å². The molecule has 0 saturated heterocycles. The Morgan fingerprint density at radius 2 is 0.914 bits per heavy atom. The minimum atomic E-state index is -0.543. The van der Waals surface area contributed by atoms with Crippen LogP contribution < -0.4 is 0 Å². The summed E-state index contributed by atoms with van der Waals surface area (Å²) < 4.78 is 0. The second-order valence-electron chi connectivity index (χ2n) is 9.32. The molecule has 0 fully saturated rings. The van der Waals surface area contributed by atoms with Crippen molar-refractivity contribution in [3.8, 4) is 40.2 Å². The predicted octanol–water partition coefficient (Wildman–Crippen LogP) is 4.78. The third-order valence-electron chi connectivity index (χ3n) is 7.33. The molecule has 176 valence electrons. The third-order valence-corrected chi connectivity index (χ3v) is 7.33. The molecule has 2 aliphatic carbocycles. The predicted molar refractivity (Wildman–Crippen MR) is 127 cm³/mol. The maximum Gasteiger partial charge on any atom is 0.123 e. The van der Waals surface area contributed by atoms with Crippen LogP contribution >= 0.6 is 0 Å². The second-order valence-corrected chi connectivity index (χ2v) is 9.32. The van der Waals surface area contributed by atoms with E-state index in [1.165, 1.54) is 18.2 Å². The van der Waals surface area contributed by atoms with Crippen molar-refractivity contribution in [3.05, 3.63) is 100 Å². The van der Waals surface area contributed by atoms with Crippen molar-refractivity contribution in [2.45, 2.75) is 23.7 Å². The molecule has 0 aromatic heterocycles. The van der Waals surface area contributed by atoms with Crippen LogP contribution in [0.25, 0.3) is 0 Å². The van der Waals surface area contributed by atoms with Crippen molar-refractivity contribution in [2.24, 2.45) is 0 Å². The fraction of sp³-hybridized carbons (Fsp3) is 0.143. The maximum atomic E-state index is 11.0. The van der Waals surface area contributed by atoms with E-state index in [9.17, 15) is 35.7 Å². The lowest BCUT2D eigenvalue weighted by molar-refractivity contribution is 0.403. The van der Waals surface area contributed by atoms with Gasteiger partial charge in [-0.2, -0.15) is 0 Å². The van der Waals surface area contributed by atoms with Gasteiger partial charge in [-0.1, -0.05) is 12.1 Å². The van der Waals surface area contributed by atoms with E-state index in [-0.39, 0.29) is 40.2 Å². The largest absolute Gasteiger partial charge is 0.508 e. The van der Waals surface area contributed by atoms with Crippen LogP contribution in [0.5, 0.6) is 40.2 Å². The molecule has 0 spiro atoms. The van der Waals surface area contributed by atoms with Crippen molar-refractivity contribution >= 4 is 0 Å². The molecular weight excluding hydrogens is 448 g/mol. The van der Waals surface area contributed by atoms with Crippen LogP contribution in [0.2, 0.25) is 0 Å². The average Bonchev–Trinajstić information content (AvgIpc) is 3.04. The molecule has 0 amide bonds. The normalized spacial score (nSPS) is 21.9. The molecule has 2 aliphatic rings. The highest BCUT2D eigenvalue weighted by atomic mass is 16.3. The Bertz CT molecular complexity index is 1470. The van der Waals surface area contributed by atoms with Crippen LogP contribution in [-0.2, 0) is 0 Å². The molecule has 0 heterocycles. The highest BCUT2D eigenvalue weighted by molar-refractivity contribution is 5.69. The molecule has 7 nitrogen and oxygen atoms in total. The number of phenols is 7. The first kappa shape index (κ1) is 21.0. The van der Waals surface area contributed by atoms with Gasteiger partial charge in [-0.05, 0) is 58.7 Å². The summed E-state index contributed by atoms with van der Waals surface area (Å²) in [5.41, 5.74) is 3.73. The molecule has 0 aliphatic heterocycles. The number of benzene rings is 4. The summed E-state index contributed by atoms with van der Waals surface area (Å²) in [6, 6.07) is 16.6. The quantitative estimate of drug-likeness (QED) is 0.223. The lowest BCUT2D eigenvalue weighted by Gasteiger charge is -2.40. The van der Waals surface area contributed by atoms with Crippen molar-refractivity contribution < 1.29 is 35.7 Å². The molecule has 0 radical (unpaired) electrons. The summed E-state index contributed by atoms with van der Waals surface area (Å²) >= 11 is 0. The highest BCUT2D eigenvalue weighted by Gasteiger charge is 2.54. The van der Waals surface area contributed by atoms with E-state index < -0.39 is 23.7 Å². The van der Waals surface area contributed by atoms with Gasteiger partial charge in [0.15, 0.2) is 0 Å². The molecule has 0 unspecified atom stereocenters. The maximum absolute atomic E-state index is 11.0. The fourth-order valence-electron chi connectivity index (χ4n) is 6.26. The Labute approximate surface area is 200 Å². The smallest absolute Gasteiger partial charge is 0.123 e. The molecule has 4 atom stereocenters. The number of aromatic hydroxyl groups is 7. The van der Waals surface area contributed by atoms with Gasteiger partial charge in [0, 0.05) is 53.0 Å². The summed E-state index contributed by atoms with van der Waals surface area (Å²) in [7, 11) is 0. The van der Waals surface area contributed by atoms with Crippen molar-refractivity contribution in [2.75, 3.05) is 0 Å². The summed E-state index contributed by atoms with van der Waals surface area (Å²) in [6.07, 6.45) is 0. The third kappa shape index (κ3) is 3.05. The zero-order chi connectivity index (χ0) is 24.6. The summed E-state index contributed by atoms with van der Waals surface area (Å²) in [5, 5.41) is 73.3. The van der Waals surface area contributed by atoms with E-state index in [0.717, 1.165) is 5.56 Å². The van der Waals surface area contributed by atoms with E-state index in [1.54, 1.807) is 48.5 Å². The van der Waals surface area contributed by atoms with Crippen molar-refractivity contribution in [1.82, 2.24) is 0 Å². The number of phenolic OH excluding ortho intramolecular Hbond substituents is 7. The fourth-order valence-corrected chi connectivity index (χ4v) is 6.26. The molecule has 0 saturated carbocycles. The summed E-state index contributed by atoms with van der Waals surface area (Å²) in [5.74, 6) is -2.57. The van der Waals surface area contributed by atoms with Gasteiger partial charge in [-0.25, -0.2) is 0 Å². The van der Waals surface area contributed by atoms with Gasteiger partial charge in [0.2, 0.25) is 0 Å². The Balaban J connectivity index is 1.73. The highest BCUT2D eigenvalue weighted by Crippen LogP contribution is 2.68. The molecule has 7 heteroatoms. The first-order chi connectivity index (χ1) is 16.7. The monoisotopic (exact) mass is 470 g/mol. The SMILES string of the molecule is Oc1ccc([C@H]2c3c(O)cc(O)cc3[C@H]3c4c(O)cc(O)cc4[C@@H]2[C@H]3c2cc(O)cc(O)c2)cc1. The first-order valence-electron chi connectivity index (χ1n) is 11.2. The zero-order valence-electron chi connectivity index (χ0n) is 18.3. The Kier molecular flexibility index (Phi) is 4.35. The van der Waals surface area contributed by atoms with Crippen LogP contribution in [0.1, 0.15) is 57.1 Å². The number of fused-ring (bicyclic) bond motifs is 7. The molecule has 4 aromatic carbocycles. The standard InChI is InChI=1S/C28H22O7/c29-14-3-1-12(2-4-14)23-25-19(8-17(32)10-21(25)34)28-24(13-5-15(30)7-16(31)6-13)27(23)20-9-18(33)11-22(35)26(20)28/h1-11,23-24,27-35H/t23-,24+,27-,28+/m0/s1. The number of hydrogen-bond acceptors (Lipinski definition) is 7. The van der Waals surface area contributed by atoms with Gasteiger partial charge in [-0.15, -0.1) is 0 Å². The van der Waals surface area contributed by atoms with E-state index in [0.29, 0.717) is 27.8 Å². The number of rotatable bonds is 2. The van der Waals surface area contributed by atoms with E-state index in [1.807, 2.05) is 0 Å². The molecule has 35 heavy (non-hydrogen) atoms. The topological polar surface area (TPSA) is 142 Å². The Morgan fingerprint density at radius 1 is 0.400 bits per heavy atom. The first-order valence-corrected chi connectivity index (χ1v) is 11.2. The lowest BCUT2D eigenvalue weighted by atomic mass is 9.63. The molecule has 2 bridgehead atoms. The molecule has 7 N–H and O–H groups in total. The van der Waals surface area contributed by atoms with E-state index >= 15 is 0 Å². The average molecular weight is 470 g/mol. The van der Waals surface area contributed by atoms with Crippen LogP contribution in [-0.4, -0.2) is 35.7 Å². The minimum Gasteiger partial charge on any atom is -0.508 e. The van der Waals surface area contributed by atoms with Crippen LogP contribution in [0.4, 0.5) is 0 Å². The van der Waals surface area contributed by atoms with Crippen LogP contribution in [0.3, 0.4) is 0 Å². The van der Waals surface area contributed by atoms with Crippen molar-refractivity contribution in [3.63, 3.8) is 0 Å². The minimum absolute atomic E-state index is 0.0779. The van der Waals surface area contributed by atoms with Gasteiger partial charge in [0.05, 0.1) is 0 Å². The van der Waals surface area contributed by atoms with E-state index in [4.69, 9.17) is 0 Å². The Hall–Kier alpha value is -4.52. The summed E-state index contributed by atoms with van der Waals surface area (Å²) in [4.78, 5) is 0. The van der Waals surface area contributed by atoms with Gasteiger partial charge < -0.3 is 35.7 Å². The Morgan fingerprint density at radius 3 is 1.51 bits per heavy atom. The molecular formula is C28H22O7. The summed E-state index contributed by atoms with van der Waals surface area (Å²) in [6.45, 7) is 0. The second kappa shape index (κ2) is 7.24. The van der Waals surface area contributed by atoms with Gasteiger partial charge in [-0.3, -0.25) is 0 Å². The lowest BCUT2D eigenvalue weighted by Crippen LogP contribution is -2.26. The van der Waals surface area contributed by atoms with Crippen LogP contribution in [0, 0.1) is 0 Å². The van der Waals surface area contributed by atoms with Gasteiger partial charge >= 0.3 is 0 Å². The molecule has 6 rings (SSSR count).